The number of rotatable bonds is 2. The van der Waals surface area contributed by atoms with Crippen molar-refractivity contribution in [1.82, 2.24) is 4.98 Å². The number of nitrogens with zero attached hydrogens (tertiary/aromatic N) is 2. The lowest BCUT2D eigenvalue weighted by atomic mass is 9.76. The van der Waals surface area contributed by atoms with Crippen molar-refractivity contribution in [2.75, 3.05) is 4.90 Å². The molecule has 26 heavy (non-hydrogen) atoms. The number of thiazole rings is 1. The normalized spacial score (nSPS) is 23.7. The monoisotopic (exact) mass is 391 g/mol. The Labute approximate surface area is 155 Å². The van der Waals surface area contributed by atoms with Gasteiger partial charge in [-0.05, 0) is 12.1 Å². The molecule has 2 amide bonds. The predicted octanol–water partition coefficient (Wildman–Crippen LogP) is 2.29. The Morgan fingerprint density at radius 3 is 2.42 bits per heavy atom. The van der Waals surface area contributed by atoms with Crippen LogP contribution in [0.2, 0.25) is 0 Å². The van der Waals surface area contributed by atoms with Crippen LogP contribution in [0.1, 0.15) is 18.7 Å². The fourth-order valence-electron chi connectivity index (χ4n) is 3.52. The Bertz CT molecular complexity index is 1010. The number of carbonyl (C=O) groups is 2. The van der Waals surface area contributed by atoms with Crippen molar-refractivity contribution in [3.8, 4) is 0 Å². The fourth-order valence-corrected chi connectivity index (χ4v) is 6.30. The number of non-ortho nitro benzene ring substituents is 1. The third-order valence-electron chi connectivity index (χ3n) is 4.80. The van der Waals surface area contributed by atoms with Gasteiger partial charge in [0.05, 0.1) is 21.6 Å². The van der Waals surface area contributed by atoms with Crippen molar-refractivity contribution in [2.24, 2.45) is 5.92 Å². The Balaban J connectivity index is 1.76. The zero-order chi connectivity index (χ0) is 18.8. The third kappa shape index (κ3) is 2.25. The highest BCUT2D eigenvalue weighted by Crippen LogP contribution is 2.53. The van der Waals surface area contributed by atoms with Gasteiger partial charge in [-0.25, -0.2) is 4.90 Å². The first-order valence-corrected chi connectivity index (χ1v) is 9.44. The zero-order valence-electron chi connectivity index (χ0n) is 13.7. The summed E-state index contributed by atoms with van der Waals surface area (Å²) in [4.78, 5) is 52.4. The lowest BCUT2D eigenvalue weighted by molar-refractivity contribution is -0.384. The van der Waals surface area contributed by atoms with E-state index in [0.29, 0.717) is 10.7 Å². The summed E-state index contributed by atoms with van der Waals surface area (Å²) in [5, 5.41) is 10.8. The lowest BCUT2D eigenvalue weighted by Crippen LogP contribution is -2.41. The van der Waals surface area contributed by atoms with Crippen LogP contribution in [0.3, 0.4) is 0 Å². The first-order valence-electron chi connectivity index (χ1n) is 7.74. The number of aromatic nitrogens is 1. The molecule has 0 radical (unpaired) electrons. The molecule has 1 saturated heterocycles. The van der Waals surface area contributed by atoms with Crippen LogP contribution in [0, 0.1) is 16.0 Å². The molecule has 2 aliphatic heterocycles. The molecule has 0 bridgehead atoms. The second-order valence-electron chi connectivity index (χ2n) is 6.70. The van der Waals surface area contributed by atoms with Gasteiger partial charge in [-0.2, -0.15) is 0 Å². The molecule has 8 nitrogen and oxygen atoms in total. The highest BCUT2D eigenvalue weighted by Gasteiger charge is 2.59. The van der Waals surface area contributed by atoms with E-state index in [1.165, 1.54) is 36.0 Å². The van der Waals surface area contributed by atoms with E-state index in [1.54, 1.807) is 0 Å². The van der Waals surface area contributed by atoms with Crippen LogP contribution in [-0.4, -0.2) is 27.0 Å². The molecule has 1 fully saturated rings. The number of nitrogens with one attached hydrogen (secondary N) is 1. The second kappa shape index (κ2) is 5.52. The van der Waals surface area contributed by atoms with Crippen LogP contribution in [0.25, 0.3) is 0 Å². The van der Waals surface area contributed by atoms with Crippen LogP contribution in [0.15, 0.2) is 34.1 Å². The van der Waals surface area contributed by atoms with Gasteiger partial charge in [0, 0.05) is 22.4 Å². The van der Waals surface area contributed by atoms with E-state index in [2.05, 4.69) is 4.98 Å². The van der Waals surface area contributed by atoms with Gasteiger partial charge >= 0.3 is 4.87 Å². The van der Waals surface area contributed by atoms with E-state index in [0.717, 1.165) is 21.1 Å². The summed E-state index contributed by atoms with van der Waals surface area (Å²) < 4.78 is 0. The highest BCUT2D eigenvalue weighted by atomic mass is 32.2. The Morgan fingerprint density at radius 1 is 1.15 bits per heavy atom. The SMILES string of the molecule is CC1(C)c2sc(=O)[nH]c2SC2C(=O)N(c3ccc([N+](=O)[O-])cc3)C(=O)C21. The van der Waals surface area contributed by atoms with Crippen LogP contribution in [-0.2, 0) is 15.0 Å². The number of imide groups is 1. The molecule has 2 aromatic rings. The first-order chi connectivity index (χ1) is 12.2. The number of benzene rings is 1. The van der Waals surface area contributed by atoms with Crippen LogP contribution in [0.5, 0.6) is 0 Å². The zero-order valence-corrected chi connectivity index (χ0v) is 15.3. The maximum atomic E-state index is 13.1. The van der Waals surface area contributed by atoms with Crippen molar-refractivity contribution in [1.29, 1.82) is 0 Å². The summed E-state index contributed by atoms with van der Waals surface area (Å²) in [5.41, 5.74) is -0.467. The number of carbonyl (C=O) groups excluding carboxylic acids is 2. The number of amides is 2. The number of fused-ring (bicyclic) bond motifs is 2. The Morgan fingerprint density at radius 2 is 1.81 bits per heavy atom. The van der Waals surface area contributed by atoms with E-state index in [9.17, 15) is 24.5 Å². The van der Waals surface area contributed by atoms with Gasteiger partial charge < -0.3 is 4.98 Å². The fraction of sp³-hybridized carbons (Fsp3) is 0.312. The van der Waals surface area contributed by atoms with E-state index in [-0.39, 0.29) is 22.4 Å². The van der Waals surface area contributed by atoms with E-state index < -0.39 is 21.5 Å². The number of anilines is 1. The number of aromatic amines is 1. The topological polar surface area (TPSA) is 113 Å². The summed E-state index contributed by atoms with van der Waals surface area (Å²) in [7, 11) is 0. The number of nitro groups is 1. The van der Waals surface area contributed by atoms with E-state index in [1.807, 2.05) is 13.8 Å². The minimum atomic E-state index is -0.669. The molecule has 4 rings (SSSR count). The Kier molecular flexibility index (Phi) is 3.60. The van der Waals surface area contributed by atoms with Gasteiger partial charge in [-0.1, -0.05) is 36.9 Å². The number of H-pyrrole nitrogens is 1. The molecule has 1 N–H and O–H groups in total. The molecule has 2 atom stereocenters. The quantitative estimate of drug-likeness (QED) is 0.477. The second-order valence-corrected chi connectivity index (χ2v) is 8.83. The predicted molar refractivity (Wildman–Crippen MR) is 96.7 cm³/mol. The number of thioether (sulfide) groups is 1. The summed E-state index contributed by atoms with van der Waals surface area (Å²) >= 11 is 2.27. The molecular weight excluding hydrogens is 378 g/mol. The molecule has 1 aromatic heterocycles. The molecule has 134 valence electrons. The van der Waals surface area contributed by atoms with Gasteiger partial charge in [-0.3, -0.25) is 24.5 Å². The third-order valence-corrected chi connectivity index (χ3v) is 7.42. The van der Waals surface area contributed by atoms with Gasteiger partial charge in [0.25, 0.3) is 5.69 Å². The van der Waals surface area contributed by atoms with Crippen molar-refractivity contribution in [3.05, 3.63) is 48.9 Å². The van der Waals surface area contributed by atoms with Crippen molar-refractivity contribution >= 4 is 46.3 Å². The van der Waals surface area contributed by atoms with E-state index in [4.69, 9.17) is 0 Å². The molecule has 10 heteroatoms. The molecule has 0 aliphatic carbocycles. The van der Waals surface area contributed by atoms with Gasteiger partial charge in [0.15, 0.2) is 0 Å². The molecular formula is C16H13N3O5S2. The highest BCUT2D eigenvalue weighted by molar-refractivity contribution is 8.00. The number of hydrogen-bond acceptors (Lipinski definition) is 7. The van der Waals surface area contributed by atoms with Crippen molar-refractivity contribution < 1.29 is 14.5 Å². The maximum Gasteiger partial charge on any atom is 0.305 e. The van der Waals surface area contributed by atoms with Crippen LogP contribution in [0.4, 0.5) is 11.4 Å². The maximum absolute atomic E-state index is 13.1. The van der Waals surface area contributed by atoms with Gasteiger partial charge in [-0.15, -0.1) is 0 Å². The van der Waals surface area contributed by atoms with Crippen LogP contribution < -0.4 is 9.77 Å². The molecule has 1 aromatic carbocycles. The van der Waals surface area contributed by atoms with E-state index >= 15 is 0 Å². The molecule has 2 unspecified atom stereocenters. The molecule has 0 saturated carbocycles. The largest absolute Gasteiger partial charge is 0.307 e. The minimum absolute atomic E-state index is 0.111. The van der Waals surface area contributed by atoms with Crippen molar-refractivity contribution in [2.45, 2.75) is 29.5 Å². The minimum Gasteiger partial charge on any atom is -0.307 e. The lowest BCUT2D eigenvalue weighted by Gasteiger charge is -2.36. The summed E-state index contributed by atoms with van der Waals surface area (Å²) in [6.45, 7) is 3.72. The van der Waals surface area contributed by atoms with Gasteiger partial charge in [0.1, 0.15) is 5.25 Å². The molecule has 3 heterocycles. The smallest absolute Gasteiger partial charge is 0.305 e. The molecule has 2 aliphatic rings. The molecule has 0 spiro atoms. The Hall–Kier alpha value is -2.46. The number of hydrogen-bond donors (Lipinski definition) is 1. The first kappa shape index (κ1) is 17.0. The van der Waals surface area contributed by atoms with Gasteiger partial charge in [0.2, 0.25) is 11.8 Å². The van der Waals surface area contributed by atoms with Crippen molar-refractivity contribution in [3.63, 3.8) is 0 Å². The number of nitro benzene ring substituents is 1. The van der Waals surface area contributed by atoms with Crippen LogP contribution >= 0.6 is 23.1 Å². The standard InChI is InChI=1S/C16H13N3O5S2/c1-16(2)9-10(25-12-11(16)26-15(22)17-12)14(21)18(13(9)20)7-3-5-8(6-4-7)19(23)24/h3-6,9-10H,1-2H3,(H,17,22). The average Bonchev–Trinajstić information content (AvgIpc) is 3.07. The summed E-state index contributed by atoms with van der Waals surface area (Å²) in [6.07, 6.45) is 0. The average molecular weight is 391 g/mol. The summed E-state index contributed by atoms with van der Waals surface area (Å²) in [6, 6.07) is 5.34. The summed E-state index contributed by atoms with van der Waals surface area (Å²) in [5.74, 6) is -1.32.